The van der Waals surface area contributed by atoms with E-state index in [1.54, 1.807) is 11.1 Å². The van der Waals surface area contributed by atoms with Gasteiger partial charge in [-0.25, -0.2) is 4.98 Å². The maximum Gasteiger partial charge on any atom is 0.232 e. The van der Waals surface area contributed by atoms with E-state index in [9.17, 15) is 4.79 Å². The van der Waals surface area contributed by atoms with Gasteiger partial charge in [-0.2, -0.15) is 0 Å². The van der Waals surface area contributed by atoms with Gasteiger partial charge >= 0.3 is 0 Å². The summed E-state index contributed by atoms with van der Waals surface area (Å²) in [4.78, 5) is 17.0. The van der Waals surface area contributed by atoms with Gasteiger partial charge in [0.2, 0.25) is 5.91 Å². The highest BCUT2D eigenvalue weighted by atomic mass is 16.2. The van der Waals surface area contributed by atoms with Gasteiger partial charge in [-0.3, -0.25) is 9.69 Å². The van der Waals surface area contributed by atoms with Crippen molar-refractivity contribution in [1.82, 2.24) is 4.98 Å². The second-order valence-electron chi connectivity index (χ2n) is 3.04. The predicted octanol–water partition coefficient (Wildman–Crippen LogP) is 1.06. The predicted molar refractivity (Wildman–Crippen MR) is 45.8 cm³/mol. The lowest BCUT2D eigenvalue weighted by Crippen LogP contribution is -2.51. The van der Waals surface area contributed by atoms with Crippen LogP contribution in [0.5, 0.6) is 0 Å². The number of aromatic nitrogens is 1. The fourth-order valence-corrected chi connectivity index (χ4v) is 1.32. The molecule has 62 valence electrons. The zero-order valence-electron chi connectivity index (χ0n) is 6.90. The molecule has 0 radical (unpaired) electrons. The van der Waals surface area contributed by atoms with E-state index in [4.69, 9.17) is 0 Å². The van der Waals surface area contributed by atoms with Gasteiger partial charge in [-0.1, -0.05) is 13.0 Å². The van der Waals surface area contributed by atoms with E-state index in [-0.39, 0.29) is 11.8 Å². The molecule has 3 heteroatoms. The maximum atomic E-state index is 11.2. The van der Waals surface area contributed by atoms with Crippen LogP contribution >= 0.6 is 0 Å². The number of hydrogen-bond donors (Lipinski definition) is 0. The van der Waals surface area contributed by atoms with Crippen molar-refractivity contribution >= 4 is 11.7 Å². The van der Waals surface area contributed by atoms with Gasteiger partial charge in [0, 0.05) is 12.7 Å². The summed E-state index contributed by atoms with van der Waals surface area (Å²) in [5.74, 6) is 1.11. The van der Waals surface area contributed by atoms with Crippen LogP contribution in [0.2, 0.25) is 0 Å². The quantitative estimate of drug-likeness (QED) is 0.578. The fourth-order valence-electron chi connectivity index (χ4n) is 1.32. The molecule has 2 heterocycles. The van der Waals surface area contributed by atoms with Crippen molar-refractivity contribution in [3.05, 3.63) is 24.4 Å². The minimum atomic E-state index is 0.173. The second kappa shape index (κ2) is 2.59. The second-order valence-corrected chi connectivity index (χ2v) is 3.04. The number of anilines is 1. The standard InChI is InChI=1S/C9H10N2O/c1-7-6-11(9(7)12)8-4-2-3-5-10-8/h2-5,7H,6H2,1H3. The van der Waals surface area contributed by atoms with Gasteiger partial charge in [-0.05, 0) is 12.1 Å². The van der Waals surface area contributed by atoms with Crippen molar-refractivity contribution < 1.29 is 4.79 Å². The van der Waals surface area contributed by atoms with Crippen molar-refractivity contribution in [1.29, 1.82) is 0 Å². The Balaban J connectivity index is 2.19. The molecule has 0 N–H and O–H groups in total. The highest BCUT2D eigenvalue weighted by Gasteiger charge is 2.34. The molecule has 0 aliphatic carbocycles. The molecule has 1 aromatic rings. The Bertz CT molecular complexity index is 297. The molecule has 1 amide bonds. The van der Waals surface area contributed by atoms with Gasteiger partial charge < -0.3 is 0 Å². The number of β-lactam (4-membered cyclic amide) rings is 1. The number of pyridine rings is 1. The minimum absolute atomic E-state index is 0.173. The third-order valence-electron chi connectivity index (χ3n) is 2.07. The third kappa shape index (κ3) is 0.978. The van der Waals surface area contributed by atoms with Crippen LogP contribution in [0.15, 0.2) is 24.4 Å². The summed E-state index contributed by atoms with van der Waals surface area (Å²) in [6.07, 6.45) is 1.70. The number of amides is 1. The van der Waals surface area contributed by atoms with E-state index in [2.05, 4.69) is 4.98 Å². The molecule has 1 aliphatic rings. The summed E-state index contributed by atoms with van der Waals surface area (Å²) in [6.45, 7) is 2.73. The van der Waals surface area contributed by atoms with Crippen LogP contribution in [-0.4, -0.2) is 17.4 Å². The molecule has 0 spiro atoms. The van der Waals surface area contributed by atoms with Crippen molar-refractivity contribution in [2.24, 2.45) is 5.92 Å². The Kier molecular flexibility index (Phi) is 1.57. The van der Waals surface area contributed by atoms with Gasteiger partial charge in [0.1, 0.15) is 5.82 Å². The molecular formula is C9H10N2O. The molecule has 0 aromatic carbocycles. The lowest BCUT2D eigenvalue weighted by Gasteiger charge is -2.35. The maximum absolute atomic E-state index is 11.2. The molecule has 1 fully saturated rings. The van der Waals surface area contributed by atoms with E-state index < -0.39 is 0 Å². The zero-order valence-corrected chi connectivity index (χ0v) is 6.90. The van der Waals surface area contributed by atoms with Crippen molar-refractivity contribution in [2.75, 3.05) is 11.4 Å². The number of nitrogens with zero attached hydrogens (tertiary/aromatic N) is 2. The summed E-state index contributed by atoms with van der Waals surface area (Å²) in [7, 11) is 0. The van der Waals surface area contributed by atoms with Crippen LogP contribution in [0.4, 0.5) is 5.82 Å². The molecular weight excluding hydrogens is 152 g/mol. The van der Waals surface area contributed by atoms with Gasteiger partial charge in [0.15, 0.2) is 0 Å². The summed E-state index contributed by atoms with van der Waals surface area (Å²) in [5.41, 5.74) is 0. The van der Waals surface area contributed by atoms with Crippen LogP contribution in [0, 0.1) is 5.92 Å². The molecule has 1 aliphatic heterocycles. The Labute approximate surface area is 71.0 Å². The molecule has 1 unspecified atom stereocenters. The number of rotatable bonds is 1. The van der Waals surface area contributed by atoms with Crippen molar-refractivity contribution in [2.45, 2.75) is 6.92 Å². The van der Waals surface area contributed by atoms with E-state index >= 15 is 0 Å². The minimum Gasteiger partial charge on any atom is -0.296 e. The highest BCUT2D eigenvalue weighted by molar-refractivity contribution is 6.00. The van der Waals surface area contributed by atoms with E-state index in [0.717, 1.165) is 12.4 Å². The molecule has 0 saturated carbocycles. The molecule has 0 bridgehead atoms. The van der Waals surface area contributed by atoms with Crippen LogP contribution in [0.1, 0.15) is 6.92 Å². The molecule has 3 nitrogen and oxygen atoms in total. The molecule has 1 aromatic heterocycles. The van der Waals surface area contributed by atoms with Crippen molar-refractivity contribution in [3.63, 3.8) is 0 Å². The summed E-state index contributed by atoms with van der Waals surface area (Å²) >= 11 is 0. The third-order valence-corrected chi connectivity index (χ3v) is 2.07. The molecule has 1 saturated heterocycles. The van der Waals surface area contributed by atoms with E-state index in [0.29, 0.717) is 0 Å². The normalized spacial score (nSPS) is 22.2. The van der Waals surface area contributed by atoms with Crippen LogP contribution in [-0.2, 0) is 4.79 Å². The summed E-state index contributed by atoms with van der Waals surface area (Å²) in [5, 5.41) is 0. The first-order chi connectivity index (χ1) is 5.79. The highest BCUT2D eigenvalue weighted by Crippen LogP contribution is 2.22. The lowest BCUT2D eigenvalue weighted by atomic mass is 10.0. The largest absolute Gasteiger partial charge is 0.296 e. The molecule has 1 atom stereocenters. The Hall–Kier alpha value is -1.38. The van der Waals surface area contributed by atoms with Gasteiger partial charge in [0.25, 0.3) is 0 Å². The first-order valence-corrected chi connectivity index (χ1v) is 4.01. The Morgan fingerprint density at radius 1 is 1.58 bits per heavy atom. The summed E-state index contributed by atoms with van der Waals surface area (Å²) < 4.78 is 0. The first-order valence-electron chi connectivity index (χ1n) is 4.01. The molecule has 12 heavy (non-hydrogen) atoms. The smallest absolute Gasteiger partial charge is 0.232 e. The lowest BCUT2D eigenvalue weighted by molar-refractivity contribution is -0.126. The number of hydrogen-bond acceptors (Lipinski definition) is 2. The van der Waals surface area contributed by atoms with Gasteiger partial charge in [-0.15, -0.1) is 0 Å². The topological polar surface area (TPSA) is 33.2 Å². The number of carbonyl (C=O) groups excluding carboxylic acids is 1. The zero-order chi connectivity index (χ0) is 8.55. The van der Waals surface area contributed by atoms with E-state index in [1.807, 2.05) is 25.1 Å². The fraction of sp³-hybridized carbons (Fsp3) is 0.333. The van der Waals surface area contributed by atoms with Crippen LogP contribution in [0.3, 0.4) is 0 Å². The number of carbonyl (C=O) groups is 1. The van der Waals surface area contributed by atoms with E-state index in [1.165, 1.54) is 0 Å². The SMILES string of the molecule is CC1CN(c2ccccn2)C1=O. The van der Waals surface area contributed by atoms with Gasteiger partial charge in [0.05, 0.1) is 5.92 Å². The Morgan fingerprint density at radius 3 is 2.92 bits per heavy atom. The average molecular weight is 162 g/mol. The molecule has 2 rings (SSSR count). The van der Waals surface area contributed by atoms with Crippen LogP contribution < -0.4 is 4.90 Å². The summed E-state index contributed by atoms with van der Waals surface area (Å²) in [6, 6.07) is 5.58. The average Bonchev–Trinajstić information content (AvgIpc) is 2.15. The monoisotopic (exact) mass is 162 g/mol. The first kappa shape index (κ1) is 7.28. The Morgan fingerprint density at radius 2 is 2.42 bits per heavy atom. The van der Waals surface area contributed by atoms with Crippen molar-refractivity contribution in [3.8, 4) is 0 Å². The van der Waals surface area contributed by atoms with Crippen LogP contribution in [0.25, 0.3) is 0 Å².